The largest absolute Gasteiger partial charge is 0.383 e. The zero-order valence-corrected chi connectivity index (χ0v) is 22.4. The van der Waals surface area contributed by atoms with Crippen LogP contribution in [0.2, 0.25) is 0 Å². The van der Waals surface area contributed by atoms with Crippen LogP contribution in [0.5, 0.6) is 0 Å². The Balaban J connectivity index is 1.44. The molecule has 0 bridgehead atoms. The summed E-state index contributed by atoms with van der Waals surface area (Å²) in [5.74, 6) is 0.407. The van der Waals surface area contributed by atoms with Crippen molar-refractivity contribution in [2.45, 2.75) is 19.5 Å². The molecule has 6 heterocycles. The van der Waals surface area contributed by atoms with E-state index in [9.17, 15) is 4.79 Å². The van der Waals surface area contributed by atoms with Crippen molar-refractivity contribution >= 4 is 45.0 Å². The molecule has 0 saturated carbocycles. The summed E-state index contributed by atoms with van der Waals surface area (Å²) in [7, 11) is 0. The van der Waals surface area contributed by atoms with Crippen LogP contribution in [-0.2, 0) is 11.3 Å². The van der Waals surface area contributed by atoms with Gasteiger partial charge in [-0.2, -0.15) is 10.2 Å². The highest BCUT2D eigenvalue weighted by Gasteiger charge is 2.24. The van der Waals surface area contributed by atoms with Gasteiger partial charge in [-0.3, -0.25) is 9.69 Å². The third kappa shape index (κ3) is 4.38. The van der Waals surface area contributed by atoms with E-state index in [1.54, 1.807) is 16.8 Å². The number of aromatic nitrogens is 7. The van der Waals surface area contributed by atoms with E-state index >= 15 is 0 Å². The minimum atomic E-state index is -0.189. The van der Waals surface area contributed by atoms with E-state index in [1.165, 1.54) is 6.33 Å². The molecule has 1 aliphatic rings. The molecule has 0 amide bonds. The quantitative estimate of drug-likeness (QED) is 0.291. The maximum Gasteiger partial charge on any atom is 0.266 e. The van der Waals surface area contributed by atoms with Gasteiger partial charge < -0.3 is 14.9 Å². The summed E-state index contributed by atoms with van der Waals surface area (Å²) < 4.78 is 11.7. The summed E-state index contributed by atoms with van der Waals surface area (Å²) in [6, 6.07) is 11.4. The lowest BCUT2D eigenvalue weighted by molar-refractivity contribution is 0.0358. The Morgan fingerprint density at radius 1 is 1.11 bits per heavy atom. The number of halogens is 1. The van der Waals surface area contributed by atoms with Gasteiger partial charge in [0.2, 0.25) is 0 Å². The van der Waals surface area contributed by atoms with Gasteiger partial charge >= 0.3 is 0 Å². The fourth-order valence-electron chi connectivity index (χ4n) is 4.89. The number of morpholine rings is 1. The molecule has 0 spiro atoms. The number of pyridine rings is 1. The molecule has 37 heavy (non-hydrogen) atoms. The Hall–Kier alpha value is -3.36. The minimum Gasteiger partial charge on any atom is -0.383 e. The van der Waals surface area contributed by atoms with Gasteiger partial charge in [-0.15, -0.1) is 0 Å². The predicted octanol–water partition coefficient (Wildman–Crippen LogP) is 2.43. The van der Waals surface area contributed by atoms with E-state index in [4.69, 9.17) is 20.7 Å². The van der Waals surface area contributed by atoms with Crippen molar-refractivity contribution < 1.29 is 4.74 Å². The van der Waals surface area contributed by atoms with Crippen LogP contribution in [0.1, 0.15) is 18.5 Å². The lowest BCUT2D eigenvalue weighted by Crippen LogP contribution is -2.39. The molecule has 190 valence electrons. The van der Waals surface area contributed by atoms with Gasteiger partial charge in [0, 0.05) is 43.0 Å². The van der Waals surface area contributed by atoms with E-state index < -0.39 is 0 Å². The van der Waals surface area contributed by atoms with Gasteiger partial charge in [0.15, 0.2) is 5.65 Å². The Morgan fingerprint density at radius 2 is 1.95 bits per heavy atom. The first-order chi connectivity index (χ1) is 18.0. The molecule has 2 N–H and O–H groups in total. The van der Waals surface area contributed by atoms with E-state index in [2.05, 4.69) is 60.9 Å². The highest BCUT2D eigenvalue weighted by Crippen LogP contribution is 2.34. The molecule has 0 radical (unpaired) electrons. The summed E-state index contributed by atoms with van der Waals surface area (Å²) in [6.45, 7) is 6.51. The first-order valence-electron chi connectivity index (χ1n) is 12.1. The van der Waals surface area contributed by atoms with Crippen molar-refractivity contribution in [3.05, 3.63) is 68.5 Å². The number of ether oxygens (including phenoxy) is 1. The molecule has 1 aliphatic heterocycles. The van der Waals surface area contributed by atoms with E-state index in [1.807, 2.05) is 23.0 Å². The Labute approximate surface area is 226 Å². The van der Waals surface area contributed by atoms with E-state index in [-0.39, 0.29) is 11.6 Å². The molecule has 6 rings (SSSR count). The first kappa shape index (κ1) is 24.0. The SMILES string of the molecule is CC(c1cc2ccccn2c1-c1ccc(=O)n(CCN2CCOCC2)n1)n1nc(I)c2c(N)ncnc21. The Kier molecular flexibility index (Phi) is 6.38. The van der Waals surface area contributed by atoms with Crippen LogP contribution in [0.3, 0.4) is 0 Å². The van der Waals surface area contributed by atoms with Crippen LogP contribution < -0.4 is 11.3 Å². The second-order valence-electron chi connectivity index (χ2n) is 9.05. The molecule has 5 aromatic heterocycles. The molecule has 1 unspecified atom stereocenters. The summed E-state index contributed by atoms with van der Waals surface area (Å²) >= 11 is 2.17. The molecule has 11 nitrogen and oxygen atoms in total. The van der Waals surface area contributed by atoms with Crippen molar-refractivity contribution in [3.63, 3.8) is 0 Å². The second kappa shape index (κ2) is 9.84. The highest BCUT2D eigenvalue weighted by atomic mass is 127. The summed E-state index contributed by atoms with van der Waals surface area (Å²) in [4.78, 5) is 23.6. The standard InChI is InChI=1S/C25H26IN9O2/c1-16(35-25-21(23(26)31-35)24(27)28-15-29-25)18-14-17-4-2-3-7-33(17)22(18)19-5-6-20(36)34(30-19)9-8-32-10-12-37-13-11-32/h2-7,14-16H,8-13H2,1H3,(H2,27,28,29). The fraction of sp³-hybridized carbons (Fsp3) is 0.320. The summed E-state index contributed by atoms with van der Waals surface area (Å²) in [6.07, 6.45) is 3.47. The van der Waals surface area contributed by atoms with Crippen LogP contribution in [0.4, 0.5) is 5.82 Å². The number of anilines is 1. The van der Waals surface area contributed by atoms with Crippen LogP contribution in [0.25, 0.3) is 27.9 Å². The van der Waals surface area contributed by atoms with Gasteiger partial charge in [-0.1, -0.05) is 6.07 Å². The van der Waals surface area contributed by atoms with Crippen molar-refractivity contribution in [2.75, 3.05) is 38.6 Å². The average Bonchev–Trinajstić information content (AvgIpc) is 3.47. The zero-order chi connectivity index (χ0) is 25.5. The van der Waals surface area contributed by atoms with Crippen molar-refractivity contribution in [1.29, 1.82) is 0 Å². The van der Waals surface area contributed by atoms with Gasteiger partial charge in [-0.25, -0.2) is 19.3 Å². The molecular formula is C25H26IN9O2. The van der Waals surface area contributed by atoms with Crippen molar-refractivity contribution in [1.82, 2.24) is 38.8 Å². The summed E-state index contributed by atoms with van der Waals surface area (Å²) in [5.41, 5.74) is 10.3. The third-order valence-electron chi connectivity index (χ3n) is 6.84. The molecule has 5 aromatic rings. The molecule has 12 heteroatoms. The lowest BCUT2D eigenvalue weighted by atomic mass is 10.1. The van der Waals surface area contributed by atoms with Crippen LogP contribution >= 0.6 is 22.6 Å². The number of nitrogen functional groups attached to an aromatic ring is 1. The molecular weight excluding hydrogens is 585 g/mol. The second-order valence-corrected chi connectivity index (χ2v) is 10.1. The van der Waals surface area contributed by atoms with Gasteiger partial charge in [-0.05, 0) is 53.8 Å². The van der Waals surface area contributed by atoms with Gasteiger partial charge in [0.1, 0.15) is 21.5 Å². The molecule has 0 aromatic carbocycles. The monoisotopic (exact) mass is 611 g/mol. The fourth-order valence-corrected chi connectivity index (χ4v) is 5.64. The lowest BCUT2D eigenvalue weighted by Gasteiger charge is -2.26. The number of rotatable bonds is 6. The molecule has 1 fully saturated rings. The maximum atomic E-state index is 12.7. The number of nitrogens with two attached hydrogens (primary N) is 1. The van der Waals surface area contributed by atoms with E-state index in [0.717, 1.165) is 64.4 Å². The maximum absolute atomic E-state index is 12.7. The highest BCUT2D eigenvalue weighted by molar-refractivity contribution is 14.1. The van der Waals surface area contributed by atoms with Crippen LogP contribution in [0, 0.1) is 3.70 Å². The van der Waals surface area contributed by atoms with Crippen LogP contribution in [0.15, 0.2) is 53.7 Å². The number of hydrogen-bond acceptors (Lipinski definition) is 8. The smallest absolute Gasteiger partial charge is 0.266 e. The topological polar surface area (TPSA) is 121 Å². The number of nitrogens with zero attached hydrogens (tertiary/aromatic N) is 8. The van der Waals surface area contributed by atoms with Gasteiger partial charge in [0.05, 0.1) is 36.9 Å². The zero-order valence-electron chi connectivity index (χ0n) is 20.3. The predicted molar refractivity (Wildman–Crippen MR) is 148 cm³/mol. The first-order valence-corrected chi connectivity index (χ1v) is 13.2. The normalized spacial score (nSPS) is 15.5. The Bertz CT molecular complexity index is 1650. The minimum absolute atomic E-state index is 0.118. The average molecular weight is 611 g/mol. The van der Waals surface area contributed by atoms with Crippen molar-refractivity contribution in [2.24, 2.45) is 0 Å². The molecule has 0 aliphatic carbocycles. The molecule has 1 atom stereocenters. The van der Waals surface area contributed by atoms with E-state index in [0.29, 0.717) is 18.0 Å². The Morgan fingerprint density at radius 3 is 2.78 bits per heavy atom. The number of hydrogen-bond donors (Lipinski definition) is 1. The van der Waals surface area contributed by atoms with Crippen LogP contribution in [-0.4, -0.2) is 71.7 Å². The number of fused-ring (bicyclic) bond motifs is 2. The molecule has 1 saturated heterocycles. The third-order valence-corrected chi connectivity index (χ3v) is 7.60. The van der Waals surface area contributed by atoms with Crippen molar-refractivity contribution in [3.8, 4) is 11.4 Å². The van der Waals surface area contributed by atoms with Gasteiger partial charge in [0.25, 0.3) is 5.56 Å². The summed E-state index contributed by atoms with van der Waals surface area (Å²) in [5, 5.41) is 10.3.